The fourth-order valence-electron chi connectivity index (χ4n) is 3.72. The molecule has 1 aliphatic carbocycles. The van der Waals surface area contributed by atoms with Crippen molar-refractivity contribution in [1.82, 2.24) is 20.6 Å². The van der Waals surface area contributed by atoms with Crippen molar-refractivity contribution in [3.8, 4) is 5.75 Å². The largest absolute Gasteiger partial charge is 0.504 e. The molecule has 29 heavy (non-hydrogen) atoms. The van der Waals surface area contributed by atoms with Gasteiger partial charge in [-0.3, -0.25) is 9.59 Å². The third-order valence-corrected chi connectivity index (χ3v) is 6.82. The maximum atomic E-state index is 12.7. The molecule has 1 spiro atoms. The smallest absolute Gasteiger partial charge is 0.275 e. The second-order valence-electron chi connectivity index (χ2n) is 7.46. The summed E-state index contributed by atoms with van der Waals surface area (Å²) >= 11 is 12.7. The van der Waals surface area contributed by atoms with Crippen LogP contribution in [-0.4, -0.2) is 46.0 Å². The van der Waals surface area contributed by atoms with E-state index in [4.69, 9.17) is 23.2 Å². The summed E-state index contributed by atoms with van der Waals surface area (Å²) in [5.74, 6) is -1.32. The van der Waals surface area contributed by atoms with Gasteiger partial charge in [-0.25, -0.2) is 9.97 Å². The van der Waals surface area contributed by atoms with E-state index in [0.717, 1.165) is 50.1 Å². The lowest BCUT2D eigenvalue weighted by Crippen LogP contribution is -2.56. The van der Waals surface area contributed by atoms with Gasteiger partial charge < -0.3 is 21.1 Å². The van der Waals surface area contributed by atoms with E-state index in [2.05, 4.69) is 25.9 Å². The fourth-order valence-corrected chi connectivity index (χ4v) is 4.82. The van der Waals surface area contributed by atoms with Gasteiger partial charge in [0.05, 0.1) is 10.5 Å². The molecular weight excluding hydrogens is 437 g/mol. The third-order valence-electron chi connectivity index (χ3n) is 5.53. The van der Waals surface area contributed by atoms with Crippen LogP contribution in [0, 0.1) is 5.41 Å². The standard InChI is InChI=1S/C18H19Cl2N5O3S/c19-10-5-11(24-14(20)13(10)26)15(27)25-17-12(22-8-29-17)16(28)23-9-1-3-18(4-2-9)6-21-7-18/h5,8-9,21,26H,1-4,6-7H2,(H,23,28)(H,25,27). The minimum Gasteiger partial charge on any atom is -0.504 e. The Balaban J connectivity index is 1.40. The number of carbonyl (C=O) groups is 2. The fraction of sp³-hybridized carbons (Fsp3) is 0.444. The number of rotatable bonds is 4. The molecule has 154 valence electrons. The van der Waals surface area contributed by atoms with Crippen LogP contribution in [0.4, 0.5) is 5.00 Å². The Morgan fingerprint density at radius 1 is 1.24 bits per heavy atom. The molecule has 0 unspecified atom stereocenters. The number of hydrogen-bond acceptors (Lipinski definition) is 7. The van der Waals surface area contributed by atoms with E-state index >= 15 is 0 Å². The van der Waals surface area contributed by atoms with Crippen LogP contribution in [-0.2, 0) is 0 Å². The molecule has 2 amide bonds. The third kappa shape index (κ3) is 4.18. The first-order chi connectivity index (χ1) is 13.9. The van der Waals surface area contributed by atoms with Crippen LogP contribution in [0.5, 0.6) is 5.75 Å². The Kier molecular flexibility index (Phi) is 5.65. The number of thiazole rings is 1. The van der Waals surface area contributed by atoms with Crippen molar-refractivity contribution in [3.05, 3.63) is 33.1 Å². The molecule has 8 nitrogen and oxygen atoms in total. The molecule has 1 saturated carbocycles. The van der Waals surface area contributed by atoms with Crippen LogP contribution in [0.3, 0.4) is 0 Å². The molecule has 2 aromatic rings. The van der Waals surface area contributed by atoms with Crippen molar-refractivity contribution in [2.45, 2.75) is 31.7 Å². The van der Waals surface area contributed by atoms with E-state index in [1.165, 1.54) is 11.6 Å². The van der Waals surface area contributed by atoms with Gasteiger partial charge in [0.25, 0.3) is 11.8 Å². The second-order valence-corrected chi connectivity index (χ2v) is 9.08. The van der Waals surface area contributed by atoms with E-state index in [0.29, 0.717) is 10.4 Å². The summed E-state index contributed by atoms with van der Waals surface area (Å²) in [7, 11) is 0. The summed E-state index contributed by atoms with van der Waals surface area (Å²) < 4.78 is 0. The summed E-state index contributed by atoms with van der Waals surface area (Å²) in [5, 5.41) is 18.5. The first kappa shape index (κ1) is 20.3. The van der Waals surface area contributed by atoms with Gasteiger partial charge in [0.15, 0.2) is 16.6 Å². The number of anilines is 1. The molecule has 3 heterocycles. The maximum absolute atomic E-state index is 12.7. The Morgan fingerprint density at radius 3 is 2.59 bits per heavy atom. The highest BCUT2D eigenvalue weighted by Gasteiger charge is 2.40. The lowest BCUT2D eigenvalue weighted by molar-refractivity contribution is 0.0778. The summed E-state index contributed by atoms with van der Waals surface area (Å²) in [5.41, 5.74) is 1.99. The van der Waals surface area contributed by atoms with E-state index in [-0.39, 0.29) is 33.5 Å². The number of halogens is 2. The lowest BCUT2D eigenvalue weighted by Gasteiger charge is -2.47. The molecule has 4 rings (SSSR count). The van der Waals surface area contributed by atoms with Crippen LogP contribution in [0.25, 0.3) is 0 Å². The normalized spacial score (nSPS) is 18.3. The van der Waals surface area contributed by atoms with Crippen molar-refractivity contribution in [2.75, 3.05) is 18.4 Å². The van der Waals surface area contributed by atoms with Gasteiger partial charge in [0.2, 0.25) is 0 Å². The number of carbonyl (C=O) groups excluding carboxylic acids is 2. The summed E-state index contributed by atoms with van der Waals surface area (Å²) in [4.78, 5) is 33.1. The Bertz CT molecular complexity index is 930. The molecule has 4 N–H and O–H groups in total. The molecule has 0 bridgehead atoms. The number of nitrogens with one attached hydrogen (secondary N) is 3. The zero-order valence-corrected chi connectivity index (χ0v) is 17.6. The Hall–Kier alpha value is -1.94. The molecule has 1 aliphatic heterocycles. The second kappa shape index (κ2) is 8.06. The highest BCUT2D eigenvalue weighted by molar-refractivity contribution is 7.14. The summed E-state index contributed by atoms with van der Waals surface area (Å²) in [6.45, 7) is 2.13. The highest BCUT2D eigenvalue weighted by Crippen LogP contribution is 2.39. The topological polar surface area (TPSA) is 116 Å². The molecule has 2 fully saturated rings. The van der Waals surface area contributed by atoms with E-state index in [1.807, 2.05) is 0 Å². The van der Waals surface area contributed by atoms with Gasteiger partial charge in [0, 0.05) is 19.1 Å². The van der Waals surface area contributed by atoms with Gasteiger partial charge in [-0.15, -0.1) is 11.3 Å². The van der Waals surface area contributed by atoms with Gasteiger partial charge in [-0.1, -0.05) is 23.2 Å². The van der Waals surface area contributed by atoms with Crippen molar-refractivity contribution >= 4 is 51.4 Å². The van der Waals surface area contributed by atoms with Gasteiger partial charge >= 0.3 is 0 Å². The van der Waals surface area contributed by atoms with Crippen LogP contribution >= 0.6 is 34.5 Å². The maximum Gasteiger partial charge on any atom is 0.275 e. The average Bonchev–Trinajstić information content (AvgIpc) is 3.13. The Morgan fingerprint density at radius 2 is 1.97 bits per heavy atom. The molecular formula is C18H19Cl2N5O3S. The van der Waals surface area contributed by atoms with Crippen LogP contribution in [0.1, 0.15) is 46.7 Å². The van der Waals surface area contributed by atoms with Crippen molar-refractivity contribution < 1.29 is 14.7 Å². The van der Waals surface area contributed by atoms with Gasteiger partial charge in [0.1, 0.15) is 10.7 Å². The minimum absolute atomic E-state index is 0.0794. The van der Waals surface area contributed by atoms with Gasteiger partial charge in [-0.05, 0) is 37.2 Å². The van der Waals surface area contributed by atoms with Crippen LogP contribution < -0.4 is 16.0 Å². The number of amides is 2. The van der Waals surface area contributed by atoms with Crippen LogP contribution in [0.2, 0.25) is 10.2 Å². The SMILES string of the molecule is O=C(Nc1scnc1C(=O)NC1CCC2(CC1)CNC2)c1cc(Cl)c(O)c(Cl)n1. The van der Waals surface area contributed by atoms with Crippen molar-refractivity contribution in [3.63, 3.8) is 0 Å². The number of nitrogens with zero attached hydrogens (tertiary/aromatic N) is 2. The summed E-state index contributed by atoms with van der Waals surface area (Å²) in [6.07, 6.45) is 4.07. The zero-order valence-electron chi connectivity index (χ0n) is 15.3. The predicted molar refractivity (Wildman–Crippen MR) is 111 cm³/mol. The van der Waals surface area contributed by atoms with Crippen molar-refractivity contribution in [1.29, 1.82) is 0 Å². The highest BCUT2D eigenvalue weighted by atomic mass is 35.5. The number of pyridine rings is 1. The van der Waals surface area contributed by atoms with E-state index in [9.17, 15) is 14.7 Å². The van der Waals surface area contributed by atoms with E-state index < -0.39 is 11.7 Å². The number of aromatic hydroxyl groups is 1. The van der Waals surface area contributed by atoms with Gasteiger partial charge in [-0.2, -0.15) is 0 Å². The van der Waals surface area contributed by atoms with Crippen molar-refractivity contribution in [2.24, 2.45) is 5.41 Å². The quantitative estimate of drug-likeness (QED) is 0.526. The van der Waals surface area contributed by atoms with E-state index in [1.54, 1.807) is 0 Å². The molecule has 1 saturated heterocycles. The monoisotopic (exact) mass is 455 g/mol. The molecule has 0 radical (unpaired) electrons. The van der Waals surface area contributed by atoms with Crippen LogP contribution in [0.15, 0.2) is 11.6 Å². The first-order valence-corrected chi connectivity index (χ1v) is 10.8. The zero-order chi connectivity index (χ0) is 20.6. The molecule has 0 atom stereocenters. The lowest BCUT2D eigenvalue weighted by atomic mass is 9.68. The number of hydrogen-bond donors (Lipinski definition) is 4. The average molecular weight is 456 g/mol. The summed E-state index contributed by atoms with van der Waals surface area (Å²) in [6, 6.07) is 1.31. The number of aromatic nitrogens is 2. The molecule has 2 aliphatic rings. The Labute approximate surface area is 181 Å². The molecule has 0 aromatic carbocycles. The minimum atomic E-state index is -0.607. The molecule has 11 heteroatoms. The first-order valence-electron chi connectivity index (χ1n) is 9.18. The predicted octanol–water partition coefficient (Wildman–Crippen LogP) is 3.06. The molecule has 2 aromatic heterocycles.